The van der Waals surface area contributed by atoms with E-state index in [-0.39, 0.29) is 6.03 Å². The van der Waals surface area contributed by atoms with Crippen LogP contribution in [0.2, 0.25) is 0 Å². The summed E-state index contributed by atoms with van der Waals surface area (Å²) in [6.45, 7) is 0. The molecule has 0 atom stereocenters. The maximum absolute atomic E-state index is 12.1. The summed E-state index contributed by atoms with van der Waals surface area (Å²) in [6, 6.07) is 9.74. The highest BCUT2D eigenvalue weighted by Gasteiger charge is 2.14. The van der Waals surface area contributed by atoms with Crippen LogP contribution in [0, 0.1) is 0 Å². The summed E-state index contributed by atoms with van der Waals surface area (Å²) < 4.78 is 1.77. The van der Waals surface area contributed by atoms with Crippen molar-refractivity contribution >= 4 is 11.7 Å². The molecule has 116 valence electrons. The van der Waals surface area contributed by atoms with Crippen LogP contribution in [0.4, 0.5) is 10.5 Å². The number of carbonyl (C=O) groups excluding carboxylic acids is 1. The SMILES string of the molecule is O=C(Nc1cccc(-n2cccn2)c1)NC1CCCCCC1. The van der Waals surface area contributed by atoms with Gasteiger partial charge in [-0.25, -0.2) is 9.48 Å². The number of nitrogens with zero attached hydrogens (tertiary/aromatic N) is 2. The summed E-state index contributed by atoms with van der Waals surface area (Å²) in [5, 5.41) is 10.2. The maximum Gasteiger partial charge on any atom is 0.319 e. The van der Waals surface area contributed by atoms with Crippen molar-refractivity contribution in [1.82, 2.24) is 15.1 Å². The molecular formula is C17H22N4O. The van der Waals surface area contributed by atoms with Crippen LogP contribution in [0.5, 0.6) is 0 Å². The molecule has 0 bridgehead atoms. The fraction of sp³-hybridized carbons (Fsp3) is 0.412. The van der Waals surface area contributed by atoms with Crippen molar-refractivity contribution in [3.05, 3.63) is 42.7 Å². The molecule has 2 N–H and O–H groups in total. The van der Waals surface area contributed by atoms with Gasteiger partial charge in [-0.1, -0.05) is 31.7 Å². The Kier molecular flexibility index (Phi) is 4.73. The highest BCUT2D eigenvalue weighted by Crippen LogP contribution is 2.18. The molecule has 1 aromatic heterocycles. The van der Waals surface area contributed by atoms with E-state index in [0.717, 1.165) is 24.2 Å². The van der Waals surface area contributed by atoms with Gasteiger partial charge in [-0.3, -0.25) is 0 Å². The van der Waals surface area contributed by atoms with Crippen LogP contribution in [-0.2, 0) is 0 Å². The predicted octanol–water partition coefficient (Wildman–Crippen LogP) is 3.72. The molecular weight excluding hydrogens is 276 g/mol. The average Bonchev–Trinajstić information content (AvgIpc) is 2.94. The van der Waals surface area contributed by atoms with Gasteiger partial charge >= 0.3 is 6.03 Å². The van der Waals surface area contributed by atoms with E-state index in [1.54, 1.807) is 10.9 Å². The predicted molar refractivity (Wildman–Crippen MR) is 87.2 cm³/mol. The number of aromatic nitrogens is 2. The maximum atomic E-state index is 12.1. The highest BCUT2D eigenvalue weighted by atomic mass is 16.2. The smallest absolute Gasteiger partial charge is 0.319 e. The van der Waals surface area contributed by atoms with Gasteiger partial charge in [0.1, 0.15) is 0 Å². The van der Waals surface area contributed by atoms with Gasteiger partial charge in [-0.05, 0) is 37.1 Å². The normalized spacial score (nSPS) is 16.0. The van der Waals surface area contributed by atoms with Crippen LogP contribution in [0.25, 0.3) is 5.69 Å². The number of benzene rings is 1. The standard InChI is InChI=1S/C17H22N4O/c22-17(19-14-7-3-1-2-4-8-14)20-15-9-5-10-16(13-15)21-12-6-11-18-21/h5-6,9-14H,1-4,7-8H2,(H2,19,20,22). The first-order chi connectivity index (χ1) is 10.8. The fourth-order valence-electron chi connectivity index (χ4n) is 2.92. The third kappa shape index (κ3) is 3.87. The van der Waals surface area contributed by atoms with Crippen molar-refractivity contribution in [3.8, 4) is 5.69 Å². The Balaban J connectivity index is 1.60. The first-order valence-corrected chi connectivity index (χ1v) is 7.99. The molecule has 22 heavy (non-hydrogen) atoms. The van der Waals surface area contributed by atoms with Crippen molar-refractivity contribution in [2.75, 3.05) is 5.32 Å². The number of hydrogen-bond acceptors (Lipinski definition) is 2. The Hall–Kier alpha value is -2.30. The summed E-state index contributed by atoms with van der Waals surface area (Å²) in [4.78, 5) is 12.1. The van der Waals surface area contributed by atoms with Crippen LogP contribution >= 0.6 is 0 Å². The number of urea groups is 1. The molecule has 0 saturated heterocycles. The first kappa shape index (κ1) is 14.6. The molecule has 1 saturated carbocycles. The molecule has 3 rings (SSSR count). The molecule has 5 nitrogen and oxygen atoms in total. The summed E-state index contributed by atoms with van der Waals surface area (Å²) >= 11 is 0. The number of rotatable bonds is 3. The molecule has 1 aliphatic carbocycles. The average molecular weight is 298 g/mol. The van der Waals surface area contributed by atoms with Gasteiger partial charge in [0.05, 0.1) is 5.69 Å². The number of amides is 2. The molecule has 1 aliphatic rings. The van der Waals surface area contributed by atoms with Crippen LogP contribution in [0.3, 0.4) is 0 Å². The van der Waals surface area contributed by atoms with Crippen molar-refractivity contribution < 1.29 is 4.79 Å². The van der Waals surface area contributed by atoms with Crippen LogP contribution in [0.15, 0.2) is 42.7 Å². The largest absolute Gasteiger partial charge is 0.335 e. The van der Waals surface area contributed by atoms with Gasteiger partial charge in [0, 0.05) is 24.1 Å². The van der Waals surface area contributed by atoms with E-state index in [1.165, 1.54) is 25.7 Å². The van der Waals surface area contributed by atoms with E-state index in [2.05, 4.69) is 15.7 Å². The fourth-order valence-corrected chi connectivity index (χ4v) is 2.92. The van der Waals surface area contributed by atoms with E-state index in [4.69, 9.17) is 0 Å². The third-order valence-electron chi connectivity index (χ3n) is 4.06. The molecule has 0 spiro atoms. The summed E-state index contributed by atoms with van der Waals surface area (Å²) in [5.41, 5.74) is 1.70. The minimum Gasteiger partial charge on any atom is -0.335 e. The summed E-state index contributed by atoms with van der Waals surface area (Å²) in [7, 11) is 0. The van der Waals surface area contributed by atoms with Crippen molar-refractivity contribution in [2.45, 2.75) is 44.6 Å². The zero-order valence-electron chi connectivity index (χ0n) is 12.7. The minimum absolute atomic E-state index is 0.121. The Morgan fingerprint density at radius 2 is 1.95 bits per heavy atom. The van der Waals surface area contributed by atoms with E-state index in [0.29, 0.717) is 6.04 Å². The molecule has 0 aliphatic heterocycles. The minimum atomic E-state index is -0.121. The van der Waals surface area contributed by atoms with E-state index in [9.17, 15) is 4.79 Å². The number of anilines is 1. The number of hydrogen-bond donors (Lipinski definition) is 2. The second-order valence-electron chi connectivity index (χ2n) is 5.79. The van der Waals surface area contributed by atoms with E-state index >= 15 is 0 Å². The van der Waals surface area contributed by atoms with Crippen molar-refractivity contribution in [2.24, 2.45) is 0 Å². The lowest BCUT2D eigenvalue weighted by Gasteiger charge is -2.17. The van der Waals surface area contributed by atoms with Gasteiger partial charge < -0.3 is 10.6 Å². The quantitative estimate of drug-likeness (QED) is 0.848. The van der Waals surface area contributed by atoms with E-state index < -0.39 is 0 Å². The molecule has 1 fully saturated rings. The zero-order valence-corrected chi connectivity index (χ0v) is 12.7. The summed E-state index contributed by atoms with van der Waals surface area (Å²) in [5.74, 6) is 0. The zero-order chi connectivity index (χ0) is 15.2. The lowest BCUT2D eigenvalue weighted by atomic mass is 10.1. The Bertz CT molecular complexity index is 601. The first-order valence-electron chi connectivity index (χ1n) is 7.99. The Morgan fingerprint density at radius 1 is 1.14 bits per heavy atom. The summed E-state index contributed by atoms with van der Waals surface area (Å²) in [6.07, 6.45) is 10.8. The number of carbonyl (C=O) groups is 1. The van der Waals surface area contributed by atoms with E-state index in [1.807, 2.05) is 36.5 Å². The van der Waals surface area contributed by atoms with Crippen LogP contribution in [0.1, 0.15) is 38.5 Å². The van der Waals surface area contributed by atoms with Crippen LogP contribution < -0.4 is 10.6 Å². The molecule has 0 radical (unpaired) electrons. The van der Waals surface area contributed by atoms with Gasteiger partial charge in [-0.15, -0.1) is 0 Å². The number of nitrogens with one attached hydrogen (secondary N) is 2. The van der Waals surface area contributed by atoms with Gasteiger partial charge in [0.2, 0.25) is 0 Å². The molecule has 2 aromatic rings. The second-order valence-corrected chi connectivity index (χ2v) is 5.79. The Morgan fingerprint density at radius 3 is 2.68 bits per heavy atom. The molecule has 0 unspecified atom stereocenters. The van der Waals surface area contributed by atoms with Crippen LogP contribution in [-0.4, -0.2) is 21.9 Å². The topological polar surface area (TPSA) is 59.0 Å². The lowest BCUT2D eigenvalue weighted by Crippen LogP contribution is -2.37. The van der Waals surface area contributed by atoms with Gasteiger partial charge in [0.25, 0.3) is 0 Å². The molecule has 2 amide bonds. The highest BCUT2D eigenvalue weighted by molar-refractivity contribution is 5.89. The van der Waals surface area contributed by atoms with Gasteiger partial charge in [-0.2, -0.15) is 5.10 Å². The molecule has 1 heterocycles. The second kappa shape index (κ2) is 7.11. The molecule has 1 aromatic carbocycles. The van der Waals surface area contributed by atoms with Gasteiger partial charge in [0.15, 0.2) is 0 Å². The van der Waals surface area contributed by atoms with Crippen molar-refractivity contribution in [3.63, 3.8) is 0 Å². The monoisotopic (exact) mass is 298 g/mol. The Labute approximate surface area is 130 Å². The van der Waals surface area contributed by atoms with Crippen molar-refractivity contribution in [1.29, 1.82) is 0 Å². The lowest BCUT2D eigenvalue weighted by molar-refractivity contribution is 0.247. The molecule has 5 heteroatoms. The third-order valence-corrected chi connectivity index (χ3v) is 4.06.